The highest BCUT2D eigenvalue weighted by Crippen LogP contribution is 2.04. The minimum absolute atomic E-state index is 0.147. The molecule has 0 heterocycles. The zero-order valence-corrected chi connectivity index (χ0v) is 12.1. The Hall–Kier alpha value is -1.84. The van der Waals surface area contributed by atoms with Crippen molar-refractivity contribution in [2.45, 2.75) is 33.7 Å². The Bertz CT molecular complexity index is 376. The van der Waals surface area contributed by atoms with Crippen LogP contribution in [0.2, 0.25) is 0 Å². The molecule has 0 saturated carbocycles. The van der Waals surface area contributed by atoms with Gasteiger partial charge >= 0.3 is 5.97 Å². The van der Waals surface area contributed by atoms with Gasteiger partial charge in [0, 0.05) is 13.0 Å². The van der Waals surface area contributed by atoms with Crippen LogP contribution in [-0.4, -0.2) is 19.0 Å². The van der Waals surface area contributed by atoms with E-state index in [9.17, 15) is 9.59 Å². The predicted molar refractivity (Wildman–Crippen MR) is 75.4 cm³/mol. The molecule has 4 heteroatoms. The summed E-state index contributed by atoms with van der Waals surface area (Å²) in [4.78, 5) is 22.6. The first kappa shape index (κ1) is 17.2. The monoisotopic (exact) mass is 265 g/mol. The molecule has 0 aliphatic heterocycles. The van der Waals surface area contributed by atoms with Crippen molar-refractivity contribution >= 4 is 11.9 Å². The molecule has 106 valence electrons. The molecule has 0 aliphatic carbocycles. The highest BCUT2D eigenvalue weighted by molar-refractivity contribution is 5.82. The van der Waals surface area contributed by atoms with Gasteiger partial charge in [-0.1, -0.05) is 51.1 Å². The van der Waals surface area contributed by atoms with E-state index >= 15 is 0 Å². The molecule has 0 bridgehead atoms. The third kappa shape index (κ3) is 7.24. The number of carbonyl (C=O) groups is 2. The quantitative estimate of drug-likeness (QED) is 0.832. The van der Waals surface area contributed by atoms with Gasteiger partial charge < -0.3 is 10.1 Å². The predicted octanol–water partition coefficient (Wildman–Crippen LogP) is 2.53. The van der Waals surface area contributed by atoms with Crippen molar-refractivity contribution in [1.82, 2.24) is 5.32 Å². The van der Waals surface area contributed by atoms with E-state index in [0.29, 0.717) is 6.54 Å². The summed E-state index contributed by atoms with van der Waals surface area (Å²) in [6.45, 7) is 6.15. The maximum absolute atomic E-state index is 11.5. The lowest BCUT2D eigenvalue weighted by molar-refractivity contribution is -0.146. The third-order valence-electron chi connectivity index (χ3n) is 2.43. The molecule has 0 aromatic heterocycles. The van der Waals surface area contributed by atoms with Gasteiger partial charge in [0.1, 0.15) is 0 Å². The summed E-state index contributed by atoms with van der Waals surface area (Å²) in [5.41, 5.74) is 1.03. The second kappa shape index (κ2) is 10.1. The first-order valence-corrected chi connectivity index (χ1v) is 6.52. The van der Waals surface area contributed by atoms with E-state index in [2.05, 4.69) is 10.1 Å². The first-order valence-electron chi connectivity index (χ1n) is 6.52. The average molecular weight is 265 g/mol. The van der Waals surface area contributed by atoms with Crippen LogP contribution in [0.4, 0.5) is 0 Å². The Labute approximate surface area is 115 Å². The van der Waals surface area contributed by atoms with Gasteiger partial charge in [-0.2, -0.15) is 0 Å². The van der Waals surface area contributed by atoms with E-state index in [1.807, 2.05) is 44.2 Å². The minimum atomic E-state index is -0.407. The van der Waals surface area contributed by atoms with E-state index in [0.717, 1.165) is 5.56 Å². The molecule has 1 atom stereocenters. The maximum atomic E-state index is 11.5. The fourth-order valence-corrected chi connectivity index (χ4v) is 1.43. The first-order chi connectivity index (χ1) is 9.13. The van der Waals surface area contributed by atoms with Gasteiger partial charge in [0.15, 0.2) is 0 Å². The number of hydrogen-bond donors (Lipinski definition) is 1. The van der Waals surface area contributed by atoms with Gasteiger partial charge in [0.25, 0.3) is 0 Å². The molecule has 1 N–H and O–H groups in total. The Morgan fingerprint density at radius 3 is 2.32 bits per heavy atom. The zero-order valence-electron chi connectivity index (χ0n) is 12.1. The van der Waals surface area contributed by atoms with E-state index in [1.165, 1.54) is 7.11 Å². The number of carbonyl (C=O) groups excluding carboxylic acids is 2. The van der Waals surface area contributed by atoms with Gasteiger partial charge in [-0.05, 0) is 5.56 Å². The van der Waals surface area contributed by atoms with Gasteiger partial charge in [-0.3, -0.25) is 9.59 Å². The molecule has 1 amide bonds. The van der Waals surface area contributed by atoms with Crippen LogP contribution in [-0.2, 0) is 20.9 Å². The Kier molecular flexibility index (Phi) is 9.14. The molecule has 4 nitrogen and oxygen atoms in total. The van der Waals surface area contributed by atoms with Gasteiger partial charge in [0.2, 0.25) is 5.91 Å². The molecule has 0 spiro atoms. The zero-order chi connectivity index (χ0) is 14.7. The van der Waals surface area contributed by atoms with Crippen LogP contribution in [0.15, 0.2) is 30.3 Å². The van der Waals surface area contributed by atoms with Crippen molar-refractivity contribution in [1.29, 1.82) is 0 Å². The fraction of sp³-hybridized carbons (Fsp3) is 0.467. The number of benzene rings is 1. The molecular weight excluding hydrogens is 242 g/mol. The third-order valence-corrected chi connectivity index (χ3v) is 2.43. The largest absolute Gasteiger partial charge is 0.469 e. The Morgan fingerprint density at radius 1 is 1.21 bits per heavy atom. The number of esters is 1. The fourth-order valence-electron chi connectivity index (χ4n) is 1.43. The van der Waals surface area contributed by atoms with E-state index in [4.69, 9.17) is 0 Å². The molecule has 1 aromatic rings. The Balaban J connectivity index is 0.00000154. The molecular formula is C15H23NO3. The summed E-state index contributed by atoms with van der Waals surface area (Å²) in [6.07, 6.45) is 0.152. The number of methoxy groups -OCH3 is 1. The topological polar surface area (TPSA) is 55.4 Å². The van der Waals surface area contributed by atoms with E-state index < -0.39 is 5.92 Å². The number of amides is 1. The summed E-state index contributed by atoms with van der Waals surface area (Å²) < 4.78 is 4.56. The number of ether oxygens (including phenoxy) is 1. The molecule has 19 heavy (non-hydrogen) atoms. The smallest absolute Gasteiger partial charge is 0.308 e. The van der Waals surface area contributed by atoms with Crippen molar-refractivity contribution in [3.8, 4) is 0 Å². The maximum Gasteiger partial charge on any atom is 0.308 e. The molecule has 1 aromatic carbocycles. The number of hydrogen-bond acceptors (Lipinski definition) is 3. The summed E-state index contributed by atoms with van der Waals surface area (Å²) in [5.74, 6) is -0.914. The van der Waals surface area contributed by atoms with Crippen molar-refractivity contribution in [2.75, 3.05) is 7.11 Å². The van der Waals surface area contributed by atoms with Crippen molar-refractivity contribution < 1.29 is 14.3 Å². The van der Waals surface area contributed by atoms with Crippen LogP contribution in [0.25, 0.3) is 0 Å². The standard InChI is InChI=1S/C13H17NO3.C2H6/c1-10(13(16)17-2)8-12(15)14-9-11-6-4-3-5-7-11;1-2/h3-7,10H,8-9H2,1-2H3,(H,14,15);1-2H3. The molecule has 0 radical (unpaired) electrons. The highest BCUT2D eigenvalue weighted by atomic mass is 16.5. The lowest BCUT2D eigenvalue weighted by Crippen LogP contribution is -2.27. The van der Waals surface area contributed by atoms with Crippen molar-refractivity contribution in [3.63, 3.8) is 0 Å². The van der Waals surface area contributed by atoms with Crippen LogP contribution in [0.1, 0.15) is 32.8 Å². The SMILES string of the molecule is CC.COC(=O)C(C)CC(=O)NCc1ccccc1. The van der Waals surface area contributed by atoms with E-state index in [1.54, 1.807) is 6.92 Å². The second-order valence-electron chi connectivity index (χ2n) is 3.89. The van der Waals surface area contributed by atoms with Crippen molar-refractivity contribution in [3.05, 3.63) is 35.9 Å². The van der Waals surface area contributed by atoms with Gasteiger partial charge in [0.05, 0.1) is 13.0 Å². The van der Waals surface area contributed by atoms with Crippen LogP contribution in [0.3, 0.4) is 0 Å². The lowest BCUT2D eigenvalue weighted by atomic mass is 10.1. The van der Waals surface area contributed by atoms with Crippen molar-refractivity contribution in [2.24, 2.45) is 5.92 Å². The summed E-state index contributed by atoms with van der Waals surface area (Å²) in [6, 6.07) is 9.62. The summed E-state index contributed by atoms with van der Waals surface area (Å²) in [7, 11) is 1.32. The molecule has 0 aliphatic rings. The average Bonchev–Trinajstić information content (AvgIpc) is 2.47. The van der Waals surface area contributed by atoms with Gasteiger partial charge in [-0.15, -0.1) is 0 Å². The molecule has 1 rings (SSSR count). The molecule has 0 fully saturated rings. The van der Waals surface area contributed by atoms with Gasteiger partial charge in [-0.25, -0.2) is 0 Å². The normalized spacial score (nSPS) is 10.7. The minimum Gasteiger partial charge on any atom is -0.469 e. The van der Waals surface area contributed by atoms with Crippen LogP contribution >= 0.6 is 0 Å². The molecule has 1 unspecified atom stereocenters. The van der Waals surface area contributed by atoms with Crippen LogP contribution in [0.5, 0.6) is 0 Å². The second-order valence-corrected chi connectivity index (χ2v) is 3.89. The van der Waals surface area contributed by atoms with Crippen LogP contribution < -0.4 is 5.32 Å². The highest BCUT2D eigenvalue weighted by Gasteiger charge is 2.16. The van der Waals surface area contributed by atoms with E-state index in [-0.39, 0.29) is 18.3 Å². The molecule has 0 saturated heterocycles. The summed E-state index contributed by atoms with van der Waals surface area (Å²) in [5, 5.41) is 2.76. The summed E-state index contributed by atoms with van der Waals surface area (Å²) >= 11 is 0. The Morgan fingerprint density at radius 2 is 1.79 bits per heavy atom. The number of nitrogens with one attached hydrogen (secondary N) is 1. The number of rotatable bonds is 5. The van der Waals surface area contributed by atoms with Crippen LogP contribution in [0, 0.1) is 5.92 Å². The lowest BCUT2D eigenvalue weighted by Gasteiger charge is -2.09.